The summed E-state index contributed by atoms with van der Waals surface area (Å²) in [6.07, 6.45) is 4.88. The summed E-state index contributed by atoms with van der Waals surface area (Å²) in [5.74, 6) is 1.16. The van der Waals surface area contributed by atoms with Crippen LogP contribution < -0.4 is 11.1 Å². The fourth-order valence-electron chi connectivity index (χ4n) is 2.14. The van der Waals surface area contributed by atoms with Crippen molar-refractivity contribution >= 4 is 11.9 Å². The highest BCUT2D eigenvalue weighted by Gasteiger charge is 2.22. The van der Waals surface area contributed by atoms with Crippen LogP contribution in [0.5, 0.6) is 0 Å². The zero-order chi connectivity index (χ0) is 11.8. The van der Waals surface area contributed by atoms with Gasteiger partial charge in [0.05, 0.1) is 6.04 Å². The molecule has 1 aliphatic rings. The highest BCUT2D eigenvalue weighted by atomic mass is 15.4. The SMILES string of the molecule is CC(C)(C)Nc1nc(N)n(C2CCCC2)n1. The Balaban J connectivity index is 2.15. The molecule has 0 unspecified atom stereocenters. The lowest BCUT2D eigenvalue weighted by atomic mass is 10.1. The maximum Gasteiger partial charge on any atom is 0.244 e. The monoisotopic (exact) mass is 223 g/mol. The molecule has 0 bridgehead atoms. The lowest BCUT2D eigenvalue weighted by Crippen LogP contribution is -2.26. The van der Waals surface area contributed by atoms with E-state index in [1.807, 2.05) is 4.68 Å². The maximum atomic E-state index is 5.89. The maximum absolute atomic E-state index is 5.89. The first-order valence-electron chi connectivity index (χ1n) is 5.96. The Kier molecular flexibility index (Phi) is 2.78. The van der Waals surface area contributed by atoms with E-state index in [1.165, 1.54) is 25.7 Å². The van der Waals surface area contributed by atoms with E-state index in [-0.39, 0.29) is 5.54 Å². The molecule has 1 heterocycles. The second-order valence-electron chi connectivity index (χ2n) is 5.55. The fourth-order valence-corrected chi connectivity index (χ4v) is 2.14. The van der Waals surface area contributed by atoms with Gasteiger partial charge in [-0.2, -0.15) is 4.98 Å². The molecule has 16 heavy (non-hydrogen) atoms. The number of rotatable bonds is 2. The van der Waals surface area contributed by atoms with E-state index in [4.69, 9.17) is 5.73 Å². The first-order valence-corrected chi connectivity index (χ1v) is 5.96. The summed E-state index contributed by atoms with van der Waals surface area (Å²) in [7, 11) is 0. The van der Waals surface area contributed by atoms with Gasteiger partial charge in [-0.25, -0.2) is 4.68 Å². The second kappa shape index (κ2) is 3.96. The predicted molar refractivity (Wildman–Crippen MR) is 65.3 cm³/mol. The van der Waals surface area contributed by atoms with E-state index in [2.05, 4.69) is 36.2 Å². The molecule has 0 saturated heterocycles. The van der Waals surface area contributed by atoms with E-state index in [9.17, 15) is 0 Å². The lowest BCUT2D eigenvalue weighted by Gasteiger charge is -2.18. The Morgan fingerprint density at radius 1 is 1.31 bits per heavy atom. The van der Waals surface area contributed by atoms with Gasteiger partial charge >= 0.3 is 0 Å². The van der Waals surface area contributed by atoms with Crippen LogP contribution in [0.4, 0.5) is 11.9 Å². The quantitative estimate of drug-likeness (QED) is 0.806. The van der Waals surface area contributed by atoms with Crippen LogP contribution in [-0.4, -0.2) is 20.3 Å². The van der Waals surface area contributed by atoms with Crippen LogP contribution in [0.2, 0.25) is 0 Å². The van der Waals surface area contributed by atoms with Gasteiger partial charge in [0.15, 0.2) is 0 Å². The molecule has 0 spiro atoms. The number of nitrogens with two attached hydrogens (primary N) is 1. The van der Waals surface area contributed by atoms with Gasteiger partial charge in [-0.15, -0.1) is 5.10 Å². The van der Waals surface area contributed by atoms with Crippen molar-refractivity contribution in [1.82, 2.24) is 14.8 Å². The van der Waals surface area contributed by atoms with E-state index >= 15 is 0 Å². The average molecular weight is 223 g/mol. The van der Waals surface area contributed by atoms with Crippen molar-refractivity contribution in [1.29, 1.82) is 0 Å². The number of nitrogens with one attached hydrogen (secondary N) is 1. The van der Waals surface area contributed by atoms with Gasteiger partial charge < -0.3 is 11.1 Å². The molecule has 5 heteroatoms. The standard InChI is InChI=1S/C11H21N5/c1-11(2,3)14-10-13-9(12)16(15-10)8-6-4-5-7-8/h8H,4-7H2,1-3H3,(H3,12,13,14,15). The Morgan fingerprint density at radius 2 is 1.94 bits per heavy atom. The van der Waals surface area contributed by atoms with E-state index in [0.29, 0.717) is 17.9 Å². The van der Waals surface area contributed by atoms with Gasteiger partial charge in [0.2, 0.25) is 11.9 Å². The van der Waals surface area contributed by atoms with Gasteiger partial charge in [-0.3, -0.25) is 0 Å². The molecule has 0 amide bonds. The topological polar surface area (TPSA) is 68.8 Å². The van der Waals surface area contributed by atoms with E-state index in [1.54, 1.807) is 0 Å². The summed E-state index contributed by atoms with van der Waals surface area (Å²) >= 11 is 0. The van der Waals surface area contributed by atoms with Gasteiger partial charge in [0.1, 0.15) is 0 Å². The van der Waals surface area contributed by atoms with Crippen molar-refractivity contribution in [2.75, 3.05) is 11.1 Å². The molecule has 1 aromatic heterocycles. The van der Waals surface area contributed by atoms with Crippen LogP contribution in [0.25, 0.3) is 0 Å². The number of nitrogen functional groups attached to an aromatic ring is 1. The Hall–Kier alpha value is -1.26. The molecule has 90 valence electrons. The molecule has 0 atom stereocenters. The number of nitrogens with zero attached hydrogens (tertiary/aromatic N) is 3. The molecule has 1 aliphatic carbocycles. The van der Waals surface area contributed by atoms with Crippen LogP contribution in [0, 0.1) is 0 Å². The van der Waals surface area contributed by atoms with Crippen molar-refractivity contribution in [2.45, 2.75) is 58.0 Å². The molecular formula is C11H21N5. The fraction of sp³-hybridized carbons (Fsp3) is 0.818. The molecule has 0 radical (unpaired) electrons. The summed E-state index contributed by atoms with van der Waals surface area (Å²) in [6.45, 7) is 6.25. The zero-order valence-corrected chi connectivity index (χ0v) is 10.3. The third-order valence-corrected chi connectivity index (χ3v) is 2.82. The van der Waals surface area contributed by atoms with Crippen molar-refractivity contribution in [3.05, 3.63) is 0 Å². The highest BCUT2D eigenvalue weighted by molar-refractivity contribution is 5.34. The zero-order valence-electron chi connectivity index (χ0n) is 10.3. The van der Waals surface area contributed by atoms with Crippen LogP contribution in [0.3, 0.4) is 0 Å². The van der Waals surface area contributed by atoms with Crippen LogP contribution in [-0.2, 0) is 0 Å². The number of hydrogen-bond donors (Lipinski definition) is 2. The largest absolute Gasteiger partial charge is 0.368 e. The van der Waals surface area contributed by atoms with Gasteiger partial charge in [-0.05, 0) is 33.6 Å². The number of anilines is 2. The molecule has 1 saturated carbocycles. The second-order valence-corrected chi connectivity index (χ2v) is 5.55. The minimum absolute atomic E-state index is 0.0334. The summed E-state index contributed by atoms with van der Waals surface area (Å²) in [4.78, 5) is 4.26. The van der Waals surface area contributed by atoms with Gasteiger partial charge in [0.25, 0.3) is 0 Å². The predicted octanol–water partition coefficient (Wildman–Crippen LogP) is 2.19. The Bertz CT molecular complexity index is 357. The van der Waals surface area contributed by atoms with E-state index in [0.717, 1.165) is 0 Å². The molecule has 1 fully saturated rings. The molecule has 3 N–H and O–H groups in total. The molecule has 2 rings (SSSR count). The highest BCUT2D eigenvalue weighted by Crippen LogP contribution is 2.30. The molecule has 1 aromatic rings. The van der Waals surface area contributed by atoms with Crippen molar-refractivity contribution in [3.63, 3.8) is 0 Å². The van der Waals surface area contributed by atoms with Crippen molar-refractivity contribution in [2.24, 2.45) is 0 Å². The lowest BCUT2D eigenvalue weighted by molar-refractivity contribution is 0.472. The summed E-state index contributed by atoms with van der Waals surface area (Å²) in [5, 5.41) is 7.69. The first-order chi connectivity index (χ1) is 7.46. The minimum Gasteiger partial charge on any atom is -0.368 e. The number of aromatic nitrogens is 3. The third-order valence-electron chi connectivity index (χ3n) is 2.82. The normalized spacial score (nSPS) is 17.9. The molecule has 0 aromatic carbocycles. The first kappa shape index (κ1) is 11.2. The van der Waals surface area contributed by atoms with Gasteiger partial charge in [-0.1, -0.05) is 12.8 Å². The molecule has 0 aliphatic heterocycles. The average Bonchev–Trinajstić information content (AvgIpc) is 2.71. The van der Waals surface area contributed by atoms with Crippen LogP contribution in [0.15, 0.2) is 0 Å². The van der Waals surface area contributed by atoms with Gasteiger partial charge in [0, 0.05) is 5.54 Å². The molecular weight excluding hydrogens is 202 g/mol. The van der Waals surface area contributed by atoms with Crippen LogP contribution >= 0.6 is 0 Å². The smallest absolute Gasteiger partial charge is 0.244 e. The summed E-state index contributed by atoms with van der Waals surface area (Å²) < 4.78 is 1.88. The molecule has 5 nitrogen and oxygen atoms in total. The Labute approximate surface area is 96.4 Å². The van der Waals surface area contributed by atoms with Crippen molar-refractivity contribution < 1.29 is 0 Å². The number of hydrogen-bond acceptors (Lipinski definition) is 4. The minimum atomic E-state index is -0.0334. The van der Waals surface area contributed by atoms with Crippen molar-refractivity contribution in [3.8, 4) is 0 Å². The summed E-state index contributed by atoms with van der Waals surface area (Å²) in [6, 6.07) is 0.447. The Morgan fingerprint density at radius 3 is 2.50 bits per heavy atom. The van der Waals surface area contributed by atoms with E-state index < -0.39 is 0 Å². The summed E-state index contributed by atoms with van der Waals surface area (Å²) in [5.41, 5.74) is 5.86. The van der Waals surface area contributed by atoms with Crippen LogP contribution in [0.1, 0.15) is 52.5 Å². The third kappa shape index (κ3) is 2.46.